The van der Waals surface area contributed by atoms with Crippen molar-refractivity contribution in [2.45, 2.75) is 4.90 Å². The molecule has 0 saturated heterocycles. The van der Waals surface area contributed by atoms with Crippen LogP contribution in [0.25, 0.3) is 0 Å². The first-order valence-corrected chi connectivity index (χ1v) is 4.29. The summed E-state index contributed by atoms with van der Waals surface area (Å²) in [5.41, 5.74) is 0. The standard InChI is InChI=1S/C8H8O3S/c9-6-2-1-3-7(4-6)12-5-8(10)11/h1-4,9H,5H2,(H,10,11)/p-1. The SMILES string of the molecule is O=C([O-])CSc1cccc(O)c1. The van der Waals surface area contributed by atoms with Crippen molar-refractivity contribution < 1.29 is 15.0 Å². The molecule has 0 atom stereocenters. The molecule has 0 unspecified atom stereocenters. The Bertz CT molecular complexity index is 285. The first kappa shape index (κ1) is 8.93. The summed E-state index contributed by atoms with van der Waals surface area (Å²) < 4.78 is 0. The fourth-order valence-electron chi connectivity index (χ4n) is 0.716. The van der Waals surface area contributed by atoms with Crippen molar-refractivity contribution in [3.63, 3.8) is 0 Å². The van der Waals surface area contributed by atoms with E-state index < -0.39 is 5.97 Å². The quantitative estimate of drug-likeness (QED) is 0.682. The minimum absolute atomic E-state index is 0.0938. The van der Waals surface area contributed by atoms with Crippen LogP contribution in [-0.4, -0.2) is 16.8 Å². The summed E-state index contributed by atoms with van der Waals surface area (Å²) in [6.45, 7) is 0. The highest BCUT2D eigenvalue weighted by molar-refractivity contribution is 8.00. The van der Waals surface area contributed by atoms with Crippen molar-refractivity contribution in [3.8, 4) is 5.75 Å². The molecule has 1 N–H and O–H groups in total. The first-order valence-electron chi connectivity index (χ1n) is 3.30. The van der Waals surface area contributed by atoms with Crippen molar-refractivity contribution in [3.05, 3.63) is 24.3 Å². The zero-order valence-electron chi connectivity index (χ0n) is 6.19. The van der Waals surface area contributed by atoms with Crippen LogP contribution in [0, 0.1) is 0 Å². The third kappa shape index (κ3) is 2.84. The predicted molar refractivity (Wildman–Crippen MR) is 43.8 cm³/mol. The van der Waals surface area contributed by atoms with Gasteiger partial charge < -0.3 is 15.0 Å². The first-order chi connectivity index (χ1) is 5.68. The van der Waals surface area contributed by atoms with Crippen LogP contribution >= 0.6 is 11.8 Å². The van der Waals surface area contributed by atoms with E-state index in [1.54, 1.807) is 12.1 Å². The Hall–Kier alpha value is -1.16. The molecule has 0 aliphatic heterocycles. The summed E-state index contributed by atoms with van der Waals surface area (Å²) >= 11 is 1.12. The van der Waals surface area contributed by atoms with Crippen LogP contribution in [0.2, 0.25) is 0 Å². The molecule has 0 aliphatic rings. The van der Waals surface area contributed by atoms with Crippen molar-refractivity contribution in [1.82, 2.24) is 0 Å². The summed E-state index contributed by atoms with van der Waals surface area (Å²) in [6.07, 6.45) is 0. The molecule has 0 fully saturated rings. The van der Waals surface area contributed by atoms with E-state index in [2.05, 4.69) is 0 Å². The summed E-state index contributed by atoms with van der Waals surface area (Å²) in [4.78, 5) is 10.8. The van der Waals surface area contributed by atoms with Crippen LogP contribution in [-0.2, 0) is 4.79 Å². The van der Waals surface area contributed by atoms with E-state index in [0.717, 1.165) is 16.7 Å². The topological polar surface area (TPSA) is 60.4 Å². The molecule has 1 rings (SSSR count). The molecule has 0 bridgehead atoms. The second-order valence-electron chi connectivity index (χ2n) is 2.16. The average Bonchev–Trinajstić information content (AvgIpc) is 2.01. The number of thioether (sulfide) groups is 1. The highest BCUT2D eigenvalue weighted by Gasteiger charge is 1.94. The van der Waals surface area contributed by atoms with Gasteiger partial charge in [-0.1, -0.05) is 6.07 Å². The van der Waals surface area contributed by atoms with Crippen molar-refractivity contribution >= 4 is 17.7 Å². The van der Waals surface area contributed by atoms with Gasteiger partial charge in [0, 0.05) is 10.6 Å². The van der Waals surface area contributed by atoms with E-state index in [1.807, 2.05) is 0 Å². The summed E-state index contributed by atoms with van der Waals surface area (Å²) in [6, 6.07) is 6.43. The van der Waals surface area contributed by atoms with Gasteiger partial charge in [0.2, 0.25) is 0 Å². The molecule has 0 radical (unpaired) electrons. The molecule has 64 valence electrons. The molecular weight excluding hydrogens is 176 g/mol. The molecule has 3 nitrogen and oxygen atoms in total. The van der Waals surface area contributed by atoms with E-state index >= 15 is 0 Å². The zero-order valence-corrected chi connectivity index (χ0v) is 7.00. The number of carboxylic acids is 1. The third-order valence-electron chi connectivity index (χ3n) is 1.17. The van der Waals surface area contributed by atoms with E-state index in [4.69, 9.17) is 5.11 Å². The van der Waals surface area contributed by atoms with Crippen LogP contribution in [0.15, 0.2) is 29.2 Å². The molecule has 0 aromatic heterocycles. The van der Waals surface area contributed by atoms with Crippen molar-refractivity contribution in [2.24, 2.45) is 0 Å². The number of hydrogen-bond donors (Lipinski definition) is 1. The molecule has 1 aromatic carbocycles. The number of phenolic OH excluding ortho intramolecular Hbond substituents is 1. The molecule has 0 heterocycles. The van der Waals surface area contributed by atoms with E-state index in [9.17, 15) is 9.90 Å². The van der Waals surface area contributed by atoms with Crippen LogP contribution in [0.1, 0.15) is 0 Å². The smallest absolute Gasteiger partial charge is 0.116 e. The summed E-state index contributed by atoms with van der Waals surface area (Å²) in [5, 5.41) is 19.1. The van der Waals surface area contributed by atoms with Crippen molar-refractivity contribution in [2.75, 3.05) is 5.75 Å². The van der Waals surface area contributed by atoms with Gasteiger partial charge in [-0.2, -0.15) is 0 Å². The number of phenols is 1. The molecule has 4 heteroatoms. The normalized spacial score (nSPS) is 9.67. The maximum absolute atomic E-state index is 10.1. The Labute approximate surface area is 74.0 Å². The Kier molecular flexibility index (Phi) is 2.99. The van der Waals surface area contributed by atoms with Crippen LogP contribution in [0.4, 0.5) is 0 Å². The number of carboxylic acid groups (broad SMARTS) is 1. The van der Waals surface area contributed by atoms with Gasteiger partial charge in [-0.3, -0.25) is 0 Å². The number of benzene rings is 1. The van der Waals surface area contributed by atoms with Gasteiger partial charge in [0.1, 0.15) is 5.75 Å². The summed E-state index contributed by atoms with van der Waals surface area (Å²) in [7, 11) is 0. The molecule has 1 aromatic rings. The highest BCUT2D eigenvalue weighted by atomic mass is 32.2. The Balaban J connectivity index is 2.57. The maximum Gasteiger partial charge on any atom is 0.116 e. The van der Waals surface area contributed by atoms with Crippen LogP contribution in [0.3, 0.4) is 0 Å². The Morgan fingerprint density at radius 2 is 2.33 bits per heavy atom. The number of aliphatic carboxylic acids is 1. The average molecular weight is 183 g/mol. The minimum atomic E-state index is -1.11. The monoisotopic (exact) mass is 183 g/mol. The van der Waals surface area contributed by atoms with Crippen LogP contribution < -0.4 is 5.11 Å². The van der Waals surface area contributed by atoms with E-state index in [1.165, 1.54) is 12.1 Å². The lowest BCUT2D eigenvalue weighted by atomic mass is 10.3. The van der Waals surface area contributed by atoms with Gasteiger partial charge in [-0.05, 0) is 18.2 Å². The molecular formula is C8H7O3S-. The molecule has 12 heavy (non-hydrogen) atoms. The molecule has 0 saturated carbocycles. The van der Waals surface area contributed by atoms with Gasteiger partial charge in [-0.25, -0.2) is 0 Å². The van der Waals surface area contributed by atoms with Gasteiger partial charge in [-0.15, -0.1) is 11.8 Å². The van der Waals surface area contributed by atoms with Gasteiger partial charge in [0.15, 0.2) is 0 Å². The molecule has 0 amide bonds. The second-order valence-corrected chi connectivity index (χ2v) is 3.21. The largest absolute Gasteiger partial charge is 0.549 e. The number of rotatable bonds is 3. The second kappa shape index (κ2) is 4.01. The van der Waals surface area contributed by atoms with Gasteiger partial charge >= 0.3 is 0 Å². The number of carbonyl (C=O) groups is 1. The lowest BCUT2D eigenvalue weighted by molar-refractivity contribution is -0.301. The van der Waals surface area contributed by atoms with Gasteiger partial charge in [0.25, 0.3) is 0 Å². The fraction of sp³-hybridized carbons (Fsp3) is 0.125. The van der Waals surface area contributed by atoms with Crippen LogP contribution in [0.5, 0.6) is 5.75 Å². The predicted octanol–water partition coefficient (Wildman–Crippen LogP) is 0.234. The number of aromatic hydroxyl groups is 1. The highest BCUT2D eigenvalue weighted by Crippen LogP contribution is 2.21. The fourth-order valence-corrected chi connectivity index (χ4v) is 1.38. The zero-order chi connectivity index (χ0) is 8.97. The third-order valence-corrected chi connectivity index (χ3v) is 2.14. The molecule has 0 aliphatic carbocycles. The van der Waals surface area contributed by atoms with Crippen molar-refractivity contribution in [1.29, 1.82) is 0 Å². The Morgan fingerprint density at radius 1 is 1.58 bits per heavy atom. The lowest BCUT2D eigenvalue weighted by Crippen LogP contribution is -2.24. The van der Waals surface area contributed by atoms with E-state index in [0.29, 0.717) is 0 Å². The minimum Gasteiger partial charge on any atom is -0.549 e. The number of carbonyl (C=O) groups excluding carboxylic acids is 1. The summed E-state index contributed by atoms with van der Waals surface area (Å²) in [5.74, 6) is -1.06. The Morgan fingerprint density at radius 3 is 2.92 bits per heavy atom. The molecule has 0 spiro atoms. The number of hydrogen-bond acceptors (Lipinski definition) is 4. The van der Waals surface area contributed by atoms with Gasteiger partial charge in [0.05, 0.1) is 5.97 Å². The maximum atomic E-state index is 10.1. The lowest BCUT2D eigenvalue weighted by Gasteiger charge is -2.01. The van der Waals surface area contributed by atoms with E-state index in [-0.39, 0.29) is 11.5 Å².